The van der Waals surface area contributed by atoms with Crippen molar-refractivity contribution in [3.05, 3.63) is 59.2 Å². The molecular weight excluding hydrogens is 340 g/mol. The van der Waals surface area contributed by atoms with Crippen LogP contribution >= 0.6 is 0 Å². The van der Waals surface area contributed by atoms with E-state index in [0.717, 1.165) is 5.56 Å². The highest BCUT2D eigenvalue weighted by Gasteiger charge is 2.17. The first kappa shape index (κ1) is 17.6. The van der Waals surface area contributed by atoms with Crippen LogP contribution in [0.2, 0.25) is 0 Å². The summed E-state index contributed by atoms with van der Waals surface area (Å²) in [7, 11) is -8.20. The molecule has 6 nitrogen and oxygen atoms in total. The van der Waals surface area contributed by atoms with Crippen molar-refractivity contribution in [2.75, 3.05) is 0 Å². The molecule has 0 aliphatic carbocycles. The fourth-order valence-electron chi connectivity index (χ4n) is 2.08. The summed E-state index contributed by atoms with van der Waals surface area (Å²) in [5.74, 6) is 0. The Morgan fingerprint density at radius 2 is 1.70 bits per heavy atom. The summed E-state index contributed by atoms with van der Waals surface area (Å²) in [6.45, 7) is 3.04. The summed E-state index contributed by atoms with van der Waals surface area (Å²) in [6, 6.07) is 10.4. The highest BCUT2D eigenvalue weighted by Crippen LogP contribution is 2.19. The zero-order chi connectivity index (χ0) is 17.3. The van der Waals surface area contributed by atoms with E-state index in [4.69, 9.17) is 8.74 Å². The topological polar surface area (TPSA) is 97.7 Å². The van der Waals surface area contributed by atoms with Crippen LogP contribution < -0.4 is 0 Å². The van der Waals surface area contributed by atoms with Crippen molar-refractivity contribution >= 4 is 20.2 Å². The number of rotatable bonds is 5. The maximum Gasteiger partial charge on any atom is 0.297 e. The third-order valence-corrected chi connectivity index (χ3v) is 5.45. The zero-order valence-electron chi connectivity index (χ0n) is 12.6. The van der Waals surface area contributed by atoms with Crippen LogP contribution in [-0.2, 0) is 31.0 Å². The lowest BCUT2D eigenvalue weighted by molar-refractivity contribution is 0.307. The molecule has 0 heterocycles. The summed E-state index contributed by atoms with van der Waals surface area (Å²) in [6.07, 6.45) is 0. The summed E-state index contributed by atoms with van der Waals surface area (Å²) in [5, 5.41) is 0. The Kier molecular flexibility index (Phi) is 4.90. The van der Waals surface area contributed by atoms with Crippen molar-refractivity contribution in [1.82, 2.24) is 0 Å². The van der Waals surface area contributed by atoms with Gasteiger partial charge < -0.3 is 0 Å². The van der Waals surface area contributed by atoms with Gasteiger partial charge in [0.2, 0.25) is 0 Å². The monoisotopic (exact) mass is 356 g/mol. The third kappa shape index (κ3) is 4.38. The molecule has 0 spiro atoms. The van der Waals surface area contributed by atoms with E-state index in [1.165, 1.54) is 37.3 Å². The molecule has 1 N–H and O–H groups in total. The average Bonchev–Trinajstić information content (AvgIpc) is 2.44. The van der Waals surface area contributed by atoms with Crippen LogP contribution in [0.5, 0.6) is 0 Å². The Bertz CT molecular complexity index is 930. The number of hydrogen-bond acceptors (Lipinski definition) is 5. The second-order valence-electron chi connectivity index (χ2n) is 5.11. The van der Waals surface area contributed by atoms with Crippen molar-refractivity contribution in [2.24, 2.45) is 0 Å². The summed E-state index contributed by atoms with van der Waals surface area (Å²) < 4.78 is 60.5. The van der Waals surface area contributed by atoms with Gasteiger partial charge in [0.15, 0.2) is 0 Å². The van der Waals surface area contributed by atoms with Crippen LogP contribution in [0.3, 0.4) is 0 Å². The normalized spacial score (nSPS) is 12.3. The molecule has 0 amide bonds. The standard InChI is InChI=1S/C15H16O6S2/c1-11-4-3-5-14(8-11)23(19,20)21-10-13-6-7-15(12(2)9-13)22(16,17)18/h3-9H,10H2,1-2H3,(H,16,17,18). The van der Waals surface area contributed by atoms with E-state index in [-0.39, 0.29) is 16.4 Å². The fourth-order valence-corrected chi connectivity index (χ4v) is 3.78. The van der Waals surface area contributed by atoms with Gasteiger partial charge in [-0.3, -0.25) is 8.74 Å². The van der Waals surface area contributed by atoms with E-state index in [1.807, 2.05) is 0 Å². The average molecular weight is 356 g/mol. The molecule has 0 aliphatic rings. The Balaban J connectivity index is 2.19. The molecule has 0 aromatic heterocycles. The number of benzene rings is 2. The fraction of sp³-hybridized carbons (Fsp3) is 0.200. The maximum atomic E-state index is 12.1. The van der Waals surface area contributed by atoms with Crippen molar-refractivity contribution in [1.29, 1.82) is 0 Å². The molecule has 0 unspecified atom stereocenters. The SMILES string of the molecule is Cc1cccc(S(=O)(=O)OCc2ccc(S(=O)(=O)O)c(C)c2)c1. The van der Waals surface area contributed by atoms with Crippen LogP contribution in [0.15, 0.2) is 52.3 Å². The summed E-state index contributed by atoms with van der Waals surface area (Å²) >= 11 is 0. The zero-order valence-corrected chi connectivity index (χ0v) is 14.2. The second-order valence-corrected chi connectivity index (χ2v) is 8.11. The smallest absolute Gasteiger partial charge is 0.282 e. The first-order valence-electron chi connectivity index (χ1n) is 6.63. The first-order valence-corrected chi connectivity index (χ1v) is 9.47. The van der Waals surface area contributed by atoms with Gasteiger partial charge in [-0.2, -0.15) is 16.8 Å². The molecule has 23 heavy (non-hydrogen) atoms. The minimum absolute atomic E-state index is 0.0591. The lowest BCUT2D eigenvalue weighted by Crippen LogP contribution is -2.07. The van der Waals surface area contributed by atoms with E-state index in [9.17, 15) is 16.8 Å². The van der Waals surface area contributed by atoms with Gasteiger partial charge >= 0.3 is 0 Å². The second kappa shape index (κ2) is 6.40. The number of hydrogen-bond donors (Lipinski definition) is 1. The molecule has 0 bridgehead atoms. The molecule has 0 radical (unpaired) electrons. The van der Waals surface area contributed by atoms with Crippen molar-refractivity contribution in [3.63, 3.8) is 0 Å². The number of aryl methyl sites for hydroxylation is 2. The maximum absolute atomic E-state index is 12.1. The van der Waals surface area contributed by atoms with Crippen LogP contribution in [0, 0.1) is 13.8 Å². The molecule has 0 saturated heterocycles. The van der Waals surface area contributed by atoms with E-state index in [1.54, 1.807) is 19.1 Å². The van der Waals surface area contributed by atoms with E-state index in [0.29, 0.717) is 11.1 Å². The van der Waals surface area contributed by atoms with Crippen molar-refractivity contribution in [3.8, 4) is 0 Å². The quantitative estimate of drug-likeness (QED) is 0.653. The van der Waals surface area contributed by atoms with Gasteiger partial charge in [0.25, 0.3) is 20.2 Å². The van der Waals surface area contributed by atoms with E-state index < -0.39 is 20.2 Å². The predicted octanol–water partition coefficient (Wildman–Crippen LogP) is 2.46. The van der Waals surface area contributed by atoms with Gasteiger partial charge in [0, 0.05) is 0 Å². The Hall–Kier alpha value is -1.74. The summed E-state index contributed by atoms with van der Waals surface area (Å²) in [4.78, 5) is -0.161. The Morgan fingerprint density at radius 1 is 1.00 bits per heavy atom. The van der Waals surface area contributed by atoms with E-state index >= 15 is 0 Å². The Morgan fingerprint density at radius 3 is 2.26 bits per heavy atom. The van der Waals surface area contributed by atoms with Gasteiger partial charge in [-0.05, 0) is 48.7 Å². The van der Waals surface area contributed by atoms with Gasteiger partial charge in [0.05, 0.1) is 16.4 Å². The highest BCUT2D eigenvalue weighted by atomic mass is 32.2. The van der Waals surface area contributed by atoms with Gasteiger partial charge in [-0.15, -0.1) is 0 Å². The lowest BCUT2D eigenvalue weighted by Gasteiger charge is -2.08. The van der Waals surface area contributed by atoms with Crippen LogP contribution in [0.25, 0.3) is 0 Å². The molecular formula is C15H16O6S2. The van der Waals surface area contributed by atoms with Gasteiger partial charge in [0.1, 0.15) is 0 Å². The largest absolute Gasteiger partial charge is 0.297 e. The van der Waals surface area contributed by atoms with Crippen molar-refractivity contribution in [2.45, 2.75) is 30.2 Å². The molecule has 0 saturated carbocycles. The molecule has 0 aliphatic heterocycles. The molecule has 124 valence electrons. The minimum Gasteiger partial charge on any atom is -0.282 e. The van der Waals surface area contributed by atoms with Crippen molar-refractivity contribution < 1.29 is 25.6 Å². The van der Waals surface area contributed by atoms with Crippen LogP contribution in [0.1, 0.15) is 16.7 Å². The van der Waals surface area contributed by atoms with E-state index in [2.05, 4.69) is 0 Å². The summed E-state index contributed by atoms with van der Waals surface area (Å²) in [5.41, 5.74) is 1.58. The minimum atomic E-state index is -4.30. The van der Waals surface area contributed by atoms with Gasteiger partial charge in [-0.25, -0.2) is 0 Å². The molecule has 0 atom stereocenters. The van der Waals surface area contributed by atoms with Crippen LogP contribution in [0.4, 0.5) is 0 Å². The predicted molar refractivity (Wildman–Crippen MR) is 84.1 cm³/mol. The van der Waals surface area contributed by atoms with Crippen LogP contribution in [-0.4, -0.2) is 21.4 Å². The molecule has 2 aromatic carbocycles. The Labute approximate surface area is 135 Å². The third-order valence-electron chi connectivity index (χ3n) is 3.18. The molecule has 2 aromatic rings. The highest BCUT2D eigenvalue weighted by molar-refractivity contribution is 7.86. The molecule has 0 fully saturated rings. The lowest BCUT2D eigenvalue weighted by atomic mass is 10.1. The molecule has 2 rings (SSSR count). The first-order chi connectivity index (χ1) is 10.6. The molecule has 8 heteroatoms. The van der Waals surface area contributed by atoms with Gasteiger partial charge in [-0.1, -0.05) is 24.3 Å².